The molecule has 4 rings (SSSR count). The van der Waals surface area contributed by atoms with Gasteiger partial charge < -0.3 is 14.6 Å². The normalized spacial score (nSPS) is 10.8. The monoisotopic (exact) mass is 331 g/mol. The maximum atomic E-state index is 5.71. The Kier molecular flexibility index (Phi) is 4.00. The number of hydrogen-bond donors (Lipinski definition) is 1. The van der Waals surface area contributed by atoms with Crippen molar-refractivity contribution in [3.05, 3.63) is 72.9 Å². The van der Waals surface area contributed by atoms with Crippen LogP contribution in [0.25, 0.3) is 11.0 Å². The van der Waals surface area contributed by atoms with Crippen LogP contribution in [0.1, 0.15) is 5.82 Å². The van der Waals surface area contributed by atoms with Gasteiger partial charge in [0.15, 0.2) is 0 Å². The minimum atomic E-state index is 0.468. The van der Waals surface area contributed by atoms with Crippen LogP contribution < -0.4 is 10.1 Å². The summed E-state index contributed by atoms with van der Waals surface area (Å²) in [4.78, 5) is 12.8. The van der Waals surface area contributed by atoms with Gasteiger partial charge in [-0.15, -0.1) is 0 Å². The first-order valence-corrected chi connectivity index (χ1v) is 7.98. The van der Waals surface area contributed by atoms with Crippen molar-refractivity contribution in [3.63, 3.8) is 0 Å². The second-order valence-electron chi connectivity index (χ2n) is 5.60. The van der Waals surface area contributed by atoms with E-state index < -0.39 is 0 Å². The highest BCUT2D eigenvalue weighted by atomic mass is 16.5. The van der Waals surface area contributed by atoms with Crippen LogP contribution in [0.15, 0.2) is 67.1 Å². The molecule has 0 amide bonds. The highest BCUT2D eigenvalue weighted by Gasteiger charge is 2.07. The molecule has 0 atom stereocenters. The number of anilines is 1. The third-order valence-corrected chi connectivity index (χ3v) is 3.93. The molecule has 0 radical (unpaired) electrons. The lowest BCUT2D eigenvalue weighted by molar-refractivity contribution is 0.460. The summed E-state index contributed by atoms with van der Waals surface area (Å²) in [7, 11) is 2.03. The average Bonchev–Trinajstić information content (AvgIpc) is 2.97. The summed E-state index contributed by atoms with van der Waals surface area (Å²) in [6.45, 7) is 0.625. The Morgan fingerprint density at radius 2 is 2.00 bits per heavy atom. The van der Waals surface area contributed by atoms with E-state index in [0.29, 0.717) is 18.2 Å². The number of aromatic nitrogens is 4. The maximum Gasteiger partial charge on any atom is 0.237 e. The van der Waals surface area contributed by atoms with E-state index in [9.17, 15) is 0 Å². The van der Waals surface area contributed by atoms with E-state index in [1.165, 1.54) is 0 Å². The van der Waals surface area contributed by atoms with Gasteiger partial charge in [-0.3, -0.25) is 4.98 Å². The lowest BCUT2D eigenvalue weighted by Gasteiger charge is -2.09. The van der Waals surface area contributed by atoms with Gasteiger partial charge in [-0.05, 0) is 24.3 Å². The molecular weight excluding hydrogens is 314 g/mol. The molecule has 0 fully saturated rings. The molecule has 1 N–H and O–H groups in total. The standard InChI is InChI=1S/C19H17N5O/c1-24-17-8-3-2-7-16(17)23-18(24)12-22-14-5-4-6-15(11-14)25-19-13-20-9-10-21-19/h2-11,13,22H,12H2,1H3. The van der Waals surface area contributed by atoms with E-state index in [4.69, 9.17) is 4.74 Å². The van der Waals surface area contributed by atoms with Crippen LogP contribution in [0.3, 0.4) is 0 Å². The van der Waals surface area contributed by atoms with Crippen LogP contribution >= 0.6 is 0 Å². The van der Waals surface area contributed by atoms with E-state index in [0.717, 1.165) is 22.5 Å². The molecule has 0 aliphatic rings. The second kappa shape index (κ2) is 6.60. The quantitative estimate of drug-likeness (QED) is 0.603. The average molecular weight is 331 g/mol. The number of hydrogen-bond acceptors (Lipinski definition) is 5. The van der Waals surface area contributed by atoms with Crippen molar-refractivity contribution in [2.75, 3.05) is 5.32 Å². The topological polar surface area (TPSA) is 64.9 Å². The molecule has 0 bridgehead atoms. The van der Waals surface area contributed by atoms with Crippen LogP contribution in [-0.4, -0.2) is 19.5 Å². The van der Waals surface area contributed by atoms with Crippen LogP contribution in [-0.2, 0) is 13.6 Å². The summed E-state index contributed by atoms with van der Waals surface area (Å²) in [6.07, 6.45) is 4.80. The first-order chi connectivity index (χ1) is 12.3. The van der Waals surface area contributed by atoms with Crippen molar-refractivity contribution in [2.45, 2.75) is 6.54 Å². The molecule has 6 heteroatoms. The molecular formula is C19H17N5O. The van der Waals surface area contributed by atoms with Crippen molar-refractivity contribution in [3.8, 4) is 11.6 Å². The summed E-state index contributed by atoms with van der Waals surface area (Å²) in [6, 6.07) is 15.9. The van der Waals surface area contributed by atoms with E-state index in [-0.39, 0.29) is 0 Å². The summed E-state index contributed by atoms with van der Waals surface area (Å²) in [5.41, 5.74) is 3.08. The van der Waals surface area contributed by atoms with Gasteiger partial charge in [-0.1, -0.05) is 18.2 Å². The second-order valence-corrected chi connectivity index (χ2v) is 5.60. The zero-order valence-corrected chi connectivity index (χ0v) is 13.8. The predicted molar refractivity (Wildman–Crippen MR) is 96.6 cm³/mol. The zero-order valence-electron chi connectivity index (χ0n) is 13.8. The Bertz CT molecular complexity index is 997. The molecule has 0 aliphatic carbocycles. The lowest BCUT2D eigenvalue weighted by Crippen LogP contribution is -2.05. The molecule has 0 spiro atoms. The first-order valence-electron chi connectivity index (χ1n) is 7.98. The fraction of sp³-hybridized carbons (Fsp3) is 0.105. The fourth-order valence-corrected chi connectivity index (χ4v) is 2.66. The van der Waals surface area contributed by atoms with Crippen molar-refractivity contribution in [1.29, 1.82) is 0 Å². The Hall–Kier alpha value is -3.41. The van der Waals surface area contributed by atoms with E-state index in [1.807, 2.05) is 49.5 Å². The fourth-order valence-electron chi connectivity index (χ4n) is 2.66. The molecule has 0 saturated heterocycles. The molecule has 0 saturated carbocycles. The summed E-state index contributed by atoms with van der Waals surface area (Å²) in [5.74, 6) is 2.15. The Labute approximate surface area is 145 Å². The summed E-state index contributed by atoms with van der Waals surface area (Å²) < 4.78 is 7.81. The molecule has 124 valence electrons. The van der Waals surface area contributed by atoms with Gasteiger partial charge in [-0.2, -0.15) is 0 Å². The van der Waals surface area contributed by atoms with Crippen LogP contribution in [0.2, 0.25) is 0 Å². The SMILES string of the molecule is Cn1c(CNc2cccc(Oc3cnccn3)c2)nc2ccccc21. The highest BCUT2D eigenvalue weighted by molar-refractivity contribution is 5.75. The summed E-state index contributed by atoms with van der Waals surface area (Å²) >= 11 is 0. The number of nitrogens with zero attached hydrogens (tertiary/aromatic N) is 4. The van der Waals surface area contributed by atoms with Crippen LogP contribution in [0.4, 0.5) is 5.69 Å². The number of rotatable bonds is 5. The van der Waals surface area contributed by atoms with Crippen molar-refractivity contribution in [2.24, 2.45) is 7.05 Å². The minimum absolute atomic E-state index is 0.468. The molecule has 2 heterocycles. The molecule has 0 aliphatic heterocycles. The largest absolute Gasteiger partial charge is 0.437 e. The van der Waals surface area contributed by atoms with Gasteiger partial charge in [0.25, 0.3) is 0 Å². The van der Waals surface area contributed by atoms with Gasteiger partial charge >= 0.3 is 0 Å². The van der Waals surface area contributed by atoms with Crippen molar-refractivity contribution in [1.82, 2.24) is 19.5 Å². The van der Waals surface area contributed by atoms with Crippen molar-refractivity contribution < 1.29 is 4.74 Å². The number of para-hydroxylation sites is 2. The molecule has 4 aromatic rings. The third-order valence-electron chi connectivity index (χ3n) is 3.93. The zero-order chi connectivity index (χ0) is 17.1. The minimum Gasteiger partial charge on any atom is -0.437 e. The van der Waals surface area contributed by atoms with Gasteiger partial charge in [0, 0.05) is 31.2 Å². The van der Waals surface area contributed by atoms with Crippen LogP contribution in [0.5, 0.6) is 11.6 Å². The number of benzene rings is 2. The van der Waals surface area contributed by atoms with E-state index >= 15 is 0 Å². The van der Waals surface area contributed by atoms with Gasteiger partial charge in [0.05, 0.1) is 23.8 Å². The third kappa shape index (κ3) is 3.28. The smallest absolute Gasteiger partial charge is 0.237 e. The van der Waals surface area contributed by atoms with Gasteiger partial charge in [0.2, 0.25) is 5.88 Å². The number of nitrogens with one attached hydrogen (secondary N) is 1. The van der Waals surface area contributed by atoms with E-state index in [1.54, 1.807) is 18.6 Å². The van der Waals surface area contributed by atoms with Crippen LogP contribution in [0, 0.1) is 0 Å². The van der Waals surface area contributed by atoms with Gasteiger partial charge in [-0.25, -0.2) is 9.97 Å². The number of fused-ring (bicyclic) bond motifs is 1. The Morgan fingerprint density at radius 3 is 2.84 bits per heavy atom. The first kappa shape index (κ1) is 15.1. The highest BCUT2D eigenvalue weighted by Crippen LogP contribution is 2.23. The maximum absolute atomic E-state index is 5.71. The number of imidazole rings is 1. The number of ether oxygens (including phenoxy) is 1. The Balaban J connectivity index is 1.49. The van der Waals surface area contributed by atoms with Crippen molar-refractivity contribution >= 4 is 16.7 Å². The predicted octanol–water partition coefficient (Wildman–Crippen LogP) is 3.77. The Morgan fingerprint density at radius 1 is 1.08 bits per heavy atom. The summed E-state index contributed by atoms with van der Waals surface area (Å²) in [5, 5.41) is 3.39. The molecule has 25 heavy (non-hydrogen) atoms. The lowest BCUT2D eigenvalue weighted by atomic mass is 10.3. The molecule has 2 aromatic heterocycles. The molecule has 2 aromatic carbocycles. The molecule has 0 unspecified atom stereocenters. The van der Waals surface area contributed by atoms with E-state index in [2.05, 4.69) is 30.9 Å². The number of aryl methyl sites for hydroxylation is 1. The van der Waals surface area contributed by atoms with Gasteiger partial charge in [0.1, 0.15) is 11.6 Å². The molecule has 6 nitrogen and oxygen atoms in total.